The van der Waals surface area contributed by atoms with Gasteiger partial charge in [-0.15, -0.1) is 0 Å². The number of anilines is 2. The lowest BCUT2D eigenvalue weighted by Crippen LogP contribution is -1.94. The van der Waals surface area contributed by atoms with Gasteiger partial charge in [0.1, 0.15) is 0 Å². The predicted octanol–water partition coefficient (Wildman–Crippen LogP) is 0.554. The summed E-state index contributed by atoms with van der Waals surface area (Å²) in [4.78, 5) is 3.93. The van der Waals surface area contributed by atoms with Gasteiger partial charge in [0, 0.05) is 0 Å². The lowest BCUT2D eigenvalue weighted by Gasteiger charge is -1.97. The normalized spacial score (nSPS) is 9.44. The molecule has 3 nitrogen and oxygen atoms in total. The van der Waals surface area contributed by atoms with Crippen molar-refractivity contribution >= 4 is 11.4 Å². The number of hydrogen-bond acceptors (Lipinski definition) is 3. The first-order chi connectivity index (χ1) is 4.20. The second-order valence-electron chi connectivity index (χ2n) is 1.94. The van der Waals surface area contributed by atoms with Gasteiger partial charge in [0.2, 0.25) is 0 Å². The van der Waals surface area contributed by atoms with Gasteiger partial charge >= 0.3 is 0 Å². The van der Waals surface area contributed by atoms with Gasteiger partial charge < -0.3 is 11.5 Å². The van der Waals surface area contributed by atoms with Crippen molar-refractivity contribution in [3.63, 3.8) is 0 Å². The van der Waals surface area contributed by atoms with Crippen LogP contribution in [-0.4, -0.2) is 4.98 Å². The summed E-state index contributed by atoms with van der Waals surface area (Å²) in [6.45, 7) is 1.84. The highest BCUT2D eigenvalue weighted by molar-refractivity contribution is 5.51. The third-order valence-electron chi connectivity index (χ3n) is 1.15. The second-order valence-corrected chi connectivity index (χ2v) is 1.94. The summed E-state index contributed by atoms with van der Waals surface area (Å²) in [5.74, 6) is 0. The van der Waals surface area contributed by atoms with Crippen molar-refractivity contribution < 1.29 is 0 Å². The molecule has 9 heavy (non-hydrogen) atoms. The molecule has 0 bridgehead atoms. The van der Waals surface area contributed by atoms with Crippen molar-refractivity contribution in [3.8, 4) is 0 Å². The molecular weight excluding hydrogens is 114 g/mol. The number of aromatic nitrogens is 1. The van der Waals surface area contributed by atoms with Crippen LogP contribution in [0, 0.1) is 6.92 Å². The Morgan fingerprint density at radius 1 is 1.44 bits per heavy atom. The summed E-state index contributed by atoms with van der Waals surface area (Å²) in [6, 6.07) is 1.70. The Hall–Kier alpha value is -1.25. The monoisotopic (exact) mass is 123 g/mol. The average molecular weight is 123 g/mol. The molecule has 3 heteroatoms. The Bertz CT molecular complexity index is 220. The van der Waals surface area contributed by atoms with Crippen molar-refractivity contribution in [1.82, 2.24) is 4.98 Å². The molecule has 0 aliphatic heterocycles. The molecular formula is C6H9N3. The standard InChI is InChI=1S/C6H9N3/c1-4-6(8)2-5(7)3-9-4/h2-3H,7-8H2,1H3. The fraction of sp³-hybridized carbons (Fsp3) is 0.167. The smallest absolute Gasteiger partial charge is 0.0603 e. The first kappa shape index (κ1) is 5.88. The third-order valence-corrected chi connectivity index (χ3v) is 1.15. The molecule has 1 heterocycles. The molecule has 0 saturated heterocycles. The van der Waals surface area contributed by atoms with Crippen LogP contribution >= 0.6 is 0 Å². The van der Waals surface area contributed by atoms with Crippen molar-refractivity contribution in [2.45, 2.75) is 6.92 Å². The molecule has 0 amide bonds. The topological polar surface area (TPSA) is 64.9 Å². The highest BCUT2D eigenvalue weighted by Gasteiger charge is 1.91. The zero-order chi connectivity index (χ0) is 6.85. The number of rotatable bonds is 0. The maximum atomic E-state index is 5.48. The summed E-state index contributed by atoms with van der Waals surface area (Å²) >= 11 is 0. The minimum atomic E-state index is 0.609. The van der Waals surface area contributed by atoms with E-state index < -0.39 is 0 Å². The Labute approximate surface area is 53.7 Å². The zero-order valence-electron chi connectivity index (χ0n) is 5.26. The molecule has 0 aromatic carbocycles. The zero-order valence-corrected chi connectivity index (χ0v) is 5.26. The number of nitrogens with two attached hydrogens (primary N) is 2. The van der Waals surface area contributed by atoms with E-state index in [-0.39, 0.29) is 0 Å². The summed E-state index contributed by atoms with van der Waals surface area (Å²) in [5.41, 5.74) is 12.9. The van der Waals surface area contributed by atoms with Gasteiger partial charge in [0.25, 0.3) is 0 Å². The van der Waals surface area contributed by atoms with Crippen LogP contribution in [0.25, 0.3) is 0 Å². The van der Waals surface area contributed by atoms with Gasteiger partial charge in [-0.1, -0.05) is 0 Å². The molecule has 0 fully saturated rings. The van der Waals surface area contributed by atoms with E-state index >= 15 is 0 Å². The van der Waals surface area contributed by atoms with Crippen LogP contribution in [0.2, 0.25) is 0 Å². The van der Waals surface area contributed by atoms with Crippen molar-refractivity contribution in [2.75, 3.05) is 11.5 Å². The van der Waals surface area contributed by atoms with E-state index in [0.29, 0.717) is 11.4 Å². The van der Waals surface area contributed by atoms with Crippen LogP contribution in [0.15, 0.2) is 12.3 Å². The number of nitrogens with zero attached hydrogens (tertiary/aromatic N) is 1. The van der Waals surface area contributed by atoms with Crippen molar-refractivity contribution in [2.24, 2.45) is 0 Å². The summed E-state index contributed by atoms with van der Waals surface area (Å²) < 4.78 is 0. The molecule has 0 aliphatic rings. The van der Waals surface area contributed by atoms with Crippen LogP contribution in [-0.2, 0) is 0 Å². The molecule has 0 atom stereocenters. The number of pyridine rings is 1. The van der Waals surface area contributed by atoms with Crippen LogP contribution in [0.5, 0.6) is 0 Å². The molecule has 1 rings (SSSR count). The molecule has 1 aromatic heterocycles. The maximum absolute atomic E-state index is 5.48. The summed E-state index contributed by atoms with van der Waals surface area (Å²) in [6.07, 6.45) is 1.59. The van der Waals surface area contributed by atoms with E-state index in [1.54, 1.807) is 12.3 Å². The quantitative estimate of drug-likeness (QED) is 0.529. The Kier molecular flexibility index (Phi) is 1.26. The van der Waals surface area contributed by atoms with E-state index in [2.05, 4.69) is 4.98 Å². The van der Waals surface area contributed by atoms with Crippen molar-refractivity contribution in [1.29, 1.82) is 0 Å². The van der Waals surface area contributed by atoms with Crippen LogP contribution in [0.1, 0.15) is 5.69 Å². The van der Waals surface area contributed by atoms with Crippen LogP contribution in [0.4, 0.5) is 11.4 Å². The number of hydrogen-bond donors (Lipinski definition) is 2. The van der Waals surface area contributed by atoms with Gasteiger partial charge in [0.05, 0.1) is 23.3 Å². The molecule has 1 aromatic rings. The highest BCUT2D eigenvalue weighted by Crippen LogP contribution is 2.09. The van der Waals surface area contributed by atoms with E-state index in [0.717, 1.165) is 5.69 Å². The molecule has 0 aliphatic carbocycles. The largest absolute Gasteiger partial charge is 0.397 e. The molecule has 48 valence electrons. The first-order valence-corrected chi connectivity index (χ1v) is 2.68. The molecule has 0 spiro atoms. The molecule has 4 N–H and O–H groups in total. The lowest BCUT2D eigenvalue weighted by molar-refractivity contribution is 1.21. The third kappa shape index (κ3) is 1.10. The first-order valence-electron chi connectivity index (χ1n) is 2.68. The van der Waals surface area contributed by atoms with E-state index in [4.69, 9.17) is 11.5 Å². The maximum Gasteiger partial charge on any atom is 0.0603 e. The van der Waals surface area contributed by atoms with E-state index in [1.165, 1.54) is 0 Å². The average Bonchev–Trinajstić information content (AvgIpc) is 1.80. The number of nitrogen functional groups attached to an aromatic ring is 2. The SMILES string of the molecule is Cc1ncc(N)cc1N. The van der Waals surface area contributed by atoms with Crippen LogP contribution in [0.3, 0.4) is 0 Å². The van der Waals surface area contributed by atoms with Gasteiger partial charge in [-0.2, -0.15) is 0 Å². The van der Waals surface area contributed by atoms with Gasteiger partial charge in [0.15, 0.2) is 0 Å². The second kappa shape index (κ2) is 1.93. The van der Waals surface area contributed by atoms with E-state index in [9.17, 15) is 0 Å². The van der Waals surface area contributed by atoms with Gasteiger partial charge in [-0.05, 0) is 13.0 Å². The lowest BCUT2D eigenvalue weighted by atomic mass is 10.3. The fourth-order valence-electron chi connectivity index (χ4n) is 0.567. The Morgan fingerprint density at radius 2 is 2.11 bits per heavy atom. The molecule has 0 saturated carbocycles. The Balaban J connectivity index is 3.17. The minimum absolute atomic E-state index is 0.609. The predicted molar refractivity (Wildman–Crippen MR) is 37.8 cm³/mol. The minimum Gasteiger partial charge on any atom is -0.397 e. The summed E-state index contributed by atoms with van der Waals surface area (Å²) in [5, 5.41) is 0. The van der Waals surface area contributed by atoms with Gasteiger partial charge in [-0.25, -0.2) is 0 Å². The molecule has 0 radical (unpaired) electrons. The van der Waals surface area contributed by atoms with Crippen molar-refractivity contribution in [3.05, 3.63) is 18.0 Å². The Morgan fingerprint density at radius 3 is 2.56 bits per heavy atom. The summed E-state index contributed by atoms with van der Waals surface area (Å²) in [7, 11) is 0. The van der Waals surface area contributed by atoms with E-state index in [1.807, 2.05) is 6.92 Å². The fourth-order valence-corrected chi connectivity index (χ4v) is 0.567. The van der Waals surface area contributed by atoms with Gasteiger partial charge in [-0.3, -0.25) is 4.98 Å². The highest BCUT2D eigenvalue weighted by atomic mass is 14.8. The van der Waals surface area contributed by atoms with Crippen LogP contribution < -0.4 is 11.5 Å². The number of aryl methyl sites for hydroxylation is 1. The molecule has 0 unspecified atom stereocenters.